The second-order valence-corrected chi connectivity index (χ2v) is 6.02. The standard InChI is InChI=1S/C13H17ClN2OS.ClH/c1-9-2-3-12(11(14)6-9)16-13(17)7-10-8-18-5-4-15-10;/h2-3,6,10,15H,4-5,7-8H2,1H3,(H,16,17);1H. The normalized spacial score (nSPS) is 18.5. The third kappa shape index (κ3) is 5.22. The van der Waals surface area contributed by atoms with E-state index in [1.165, 1.54) is 0 Å². The van der Waals surface area contributed by atoms with Gasteiger partial charge in [-0.15, -0.1) is 12.4 Å². The number of benzene rings is 1. The van der Waals surface area contributed by atoms with Gasteiger partial charge in [0.1, 0.15) is 0 Å². The van der Waals surface area contributed by atoms with Gasteiger partial charge in [-0.3, -0.25) is 4.79 Å². The molecule has 1 heterocycles. The molecule has 0 aromatic heterocycles. The molecule has 0 bridgehead atoms. The summed E-state index contributed by atoms with van der Waals surface area (Å²) in [6, 6.07) is 5.91. The first-order valence-electron chi connectivity index (χ1n) is 6.02. The Morgan fingerprint density at radius 2 is 2.37 bits per heavy atom. The molecule has 19 heavy (non-hydrogen) atoms. The van der Waals surface area contributed by atoms with Gasteiger partial charge in [0.2, 0.25) is 5.91 Å². The Hall–Kier alpha value is -0.420. The van der Waals surface area contributed by atoms with Crippen molar-refractivity contribution in [3.63, 3.8) is 0 Å². The minimum atomic E-state index is 0. The number of hydrogen-bond acceptors (Lipinski definition) is 3. The molecule has 1 aliphatic heterocycles. The van der Waals surface area contributed by atoms with E-state index in [0.717, 1.165) is 23.6 Å². The summed E-state index contributed by atoms with van der Waals surface area (Å²) in [6.07, 6.45) is 0.497. The number of carbonyl (C=O) groups is 1. The predicted molar refractivity (Wildman–Crippen MR) is 85.8 cm³/mol. The molecule has 2 N–H and O–H groups in total. The van der Waals surface area contributed by atoms with Crippen LogP contribution in [0.1, 0.15) is 12.0 Å². The minimum absolute atomic E-state index is 0. The van der Waals surface area contributed by atoms with Gasteiger partial charge in [0.15, 0.2) is 0 Å². The molecular formula is C13H18Cl2N2OS. The van der Waals surface area contributed by atoms with E-state index in [1.807, 2.05) is 36.9 Å². The second-order valence-electron chi connectivity index (χ2n) is 4.46. The molecule has 3 nitrogen and oxygen atoms in total. The van der Waals surface area contributed by atoms with Crippen molar-refractivity contribution in [2.24, 2.45) is 0 Å². The van der Waals surface area contributed by atoms with Crippen molar-refractivity contribution < 1.29 is 4.79 Å². The summed E-state index contributed by atoms with van der Waals surface area (Å²) in [5.74, 6) is 2.14. The number of thioether (sulfide) groups is 1. The monoisotopic (exact) mass is 320 g/mol. The van der Waals surface area contributed by atoms with E-state index in [1.54, 1.807) is 0 Å². The van der Waals surface area contributed by atoms with Gasteiger partial charge in [-0.25, -0.2) is 0 Å². The lowest BCUT2D eigenvalue weighted by molar-refractivity contribution is -0.116. The van der Waals surface area contributed by atoms with Gasteiger partial charge in [0.05, 0.1) is 10.7 Å². The van der Waals surface area contributed by atoms with Crippen molar-refractivity contribution >= 4 is 47.4 Å². The number of aryl methyl sites for hydroxylation is 1. The Labute approximate surface area is 129 Å². The molecule has 0 radical (unpaired) electrons. The third-order valence-electron chi connectivity index (χ3n) is 2.83. The van der Waals surface area contributed by atoms with Crippen LogP contribution in [0, 0.1) is 6.92 Å². The first-order valence-corrected chi connectivity index (χ1v) is 7.55. The molecule has 1 aromatic rings. The van der Waals surface area contributed by atoms with Gasteiger partial charge in [-0.2, -0.15) is 11.8 Å². The van der Waals surface area contributed by atoms with Gasteiger partial charge in [0.25, 0.3) is 0 Å². The van der Waals surface area contributed by atoms with E-state index in [2.05, 4.69) is 10.6 Å². The molecule has 0 aliphatic carbocycles. The molecule has 1 saturated heterocycles. The average Bonchev–Trinajstić information content (AvgIpc) is 2.34. The summed E-state index contributed by atoms with van der Waals surface area (Å²) in [4.78, 5) is 11.9. The Balaban J connectivity index is 0.00000180. The highest BCUT2D eigenvalue weighted by Gasteiger charge is 2.17. The topological polar surface area (TPSA) is 41.1 Å². The molecule has 1 aromatic carbocycles. The summed E-state index contributed by atoms with van der Waals surface area (Å²) < 4.78 is 0. The van der Waals surface area contributed by atoms with E-state index >= 15 is 0 Å². The van der Waals surface area contributed by atoms with Crippen molar-refractivity contribution in [3.8, 4) is 0 Å². The lowest BCUT2D eigenvalue weighted by Crippen LogP contribution is -2.39. The Kier molecular flexibility index (Phi) is 7.00. The molecule has 1 amide bonds. The quantitative estimate of drug-likeness (QED) is 0.899. The van der Waals surface area contributed by atoms with Gasteiger partial charge >= 0.3 is 0 Å². The Morgan fingerprint density at radius 1 is 1.58 bits per heavy atom. The molecule has 1 aliphatic rings. The van der Waals surface area contributed by atoms with Crippen LogP contribution in [-0.4, -0.2) is 30.0 Å². The predicted octanol–water partition coefficient (Wildman–Crippen LogP) is 3.10. The lowest BCUT2D eigenvalue weighted by Gasteiger charge is -2.22. The van der Waals surface area contributed by atoms with Crippen molar-refractivity contribution in [2.45, 2.75) is 19.4 Å². The van der Waals surface area contributed by atoms with E-state index in [4.69, 9.17) is 11.6 Å². The molecule has 1 unspecified atom stereocenters. The van der Waals surface area contributed by atoms with Crippen LogP contribution in [0.2, 0.25) is 5.02 Å². The molecule has 106 valence electrons. The number of hydrogen-bond donors (Lipinski definition) is 2. The van der Waals surface area contributed by atoms with Crippen molar-refractivity contribution in [1.82, 2.24) is 5.32 Å². The van der Waals surface area contributed by atoms with Crippen molar-refractivity contribution in [3.05, 3.63) is 28.8 Å². The molecule has 1 atom stereocenters. The summed E-state index contributed by atoms with van der Waals surface area (Å²) in [5, 5.41) is 6.80. The fourth-order valence-corrected chi connectivity index (χ4v) is 3.13. The number of halogens is 2. The maximum atomic E-state index is 11.9. The van der Waals surface area contributed by atoms with Crippen molar-refractivity contribution in [1.29, 1.82) is 0 Å². The number of anilines is 1. The smallest absolute Gasteiger partial charge is 0.226 e. The van der Waals surface area contributed by atoms with Crippen LogP contribution in [0.15, 0.2) is 18.2 Å². The van der Waals surface area contributed by atoms with Crippen LogP contribution >= 0.6 is 35.8 Å². The van der Waals surface area contributed by atoms with E-state index in [9.17, 15) is 4.79 Å². The van der Waals surface area contributed by atoms with E-state index in [0.29, 0.717) is 17.1 Å². The number of amides is 1. The number of carbonyl (C=O) groups excluding carboxylic acids is 1. The molecule has 0 spiro atoms. The van der Waals surface area contributed by atoms with Crippen LogP contribution in [0.5, 0.6) is 0 Å². The van der Waals surface area contributed by atoms with Gasteiger partial charge in [0, 0.05) is 30.5 Å². The third-order valence-corrected chi connectivity index (χ3v) is 4.27. The highest BCUT2D eigenvalue weighted by atomic mass is 35.5. The molecule has 2 rings (SSSR count). The maximum absolute atomic E-state index is 11.9. The SMILES string of the molecule is Cc1ccc(NC(=O)CC2CSCCN2)c(Cl)c1.Cl. The lowest BCUT2D eigenvalue weighted by atomic mass is 10.2. The average molecular weight is 321 g/mol. The fraction of sp³-hybridized carbons (Fsp3) is 0.462. The zero-order valence-electron chi connectivity index (χ0n) is 10.7. The van der Waals surface area contributed by atoms with Crippen LogP contribution in [0.25, 0.3) is 0 Å². The van der Waals surface area contributed by atoms with Gasteiger partial charge in [-0.1, -0.05) is 17.7 Å². The highest BCUT2D eigenvalue weighted by molar-refractivity contribution is 7.99. The molecular weight excluding hydrogens is 303 g/mol. The van der Waals surface area contributed by atoms with E-state index < -0.39 is 0 Å². The number of rotatable bonds is 3. The first kappa shape index (κ1) is 16.6. The summed E-state index contributed by atoms with van der Waals surface area (Å²) in [5.41, 5.74) is 1.78. The molecule has 0 saturated carbocycles. The Morgan fingerprint density at radius 3 is 3.00 bits per heavy atom. The largest absolute Gasteiger partial charge is 0.325 e. The second kappa shape index (κ2) is 8.00. The molecule has 1 fully saturated rings. The minimum Gasteiger partial charge on any atom is -0.325 e. The van der Waals surface area contributed by atoms with Gasteiger partial charge in [-0.05, 0) is 24.6 Å². The van der Waals surface area contributed by atoms with Gasteiger partial charge < -0.3 is 10.6 Å². The maximum Gasteiger partial charge on any atom is 0.226 e. The molecule has 6 heteroatoms. The first-order chi connectivity index (χ1) is 8.65. The summed E-state index contributed by atoms with van der Waals surface area (Å²) >= 11 is 7.97. The van der Waals surface area contributed by atoms with Crippen LogP contribution < -0.4 is 10.6 Å². The van der Waals surface area contributed by atoms with E-state index in [-0.39, 0.29) is 24.4 Å². The van der Waals surface area contributed by atoms with Crippen LogP contribution in [0.3, 0.4) is 0 Å². The summed E-state index contributed by atoms with van der Waals surface area (Å²) in [7, 11) is 0. The number of nitrogens with one attached hydrogen (secondary N) is 2. The fourth-order valence-electron chi connectivity index (χ4n) is 1.90. The van der Waals surface area contributed by atoms with Crippen LogP contribution in [0.4, 0.5) is 5.69 Å². The zero-order valence-corrected chi connectivity index (χ0v) is 13.1. The van der Waals surface area contributed by atoms with Crippen molar-refractivity contribution in [2.75, 3.05) is 23.4 Å². The Bertz CT molecular complexity index is 437. The zero-order chi connectivity index (χ0) is 13.0. The highest BCUT2D eigenvalue weighted by Crippen LogP contribution is 2.23. The van der Waals surface area contributed by atoms with Crippen LogP contribution in [-0.2, 0) is 4.79 Å². The summed E-state index contributed by atoms with van der Waals surface area (Å²) in [6.45, 7) is 2.95.